The van der Waals surface area contributed by atoms with Crippen molar-refractivity contribution in [3.63, 3.8) is 0 Å². The van der Waals surface area contributed by atoms with E-state index in [2.05, 4.69) is 24.1 Å². The minimum absolute atomic E-state index is 0.521. The molecule has 3 nitrogen and oxygen atoms in total. The van der Waals surface area contributed by atoms with Crippen LogP contribution in [0.3, 0.4) is 0 Å². The number of nitrogens with one attached hydrogen (secondary N) is 1. The monoisotopic (exact) mass is 293 g/mol. The van der Waals surface area contributed by atoms with Crippen molar-refractivity contribution >= 4 is 16.5 Å². The average molecular weight is 293 g/mol. The lowest BCUT2D eigenvalue weighted by molar-refractivity contribution is 0.362. The van der Waals surface area contributed by atoms with Crippen LogP contribution in [-0.2, 0) is 6.54 Å². The Hall–Kier alpha value is -0.610. The van der Waals surface area contributed by atoms with E-state index in [0.29, 0.717) is 5.92 Å². The molecule has 2 unspecified atom stereocenters. The van der Waals surface area contributed by atoms with Crippen molar-refractivity contribution in [2.24, 2.45) is 5.92 Å². The summed E-state index contributed by atoms with van der Waals surface area (Å²) in [6.45, 7) is 6.68. The van der Waals surface area contributed by atoms with E-state index in [0.717, 1.165) is 18.5 Å². The molecule has 1 saturated heterocycles. The Kier molecular flexibility index (Phi) is 4.32. The van der Waals surface area contributed by atoms with Gasteiger partial charge in [0.1, 0.15) is 0 Å². The van der Waals surface area contributed by atoms with Crippen molar-refractivity contribution in [3.8, 4) is 0 Å². The molecule has 2 fully saturated rings. The normalized spacial score (nSPS) is 26.3. The third-order valence-electron chi connectivity index (χ3n) is 4.84. The van der Waals surface area contributed by atoms with Crippen molar-refractivity contribution in [1.82, 2.24) is 10.3 Å². The summed E-state index contributed by atoms with van der Waals surface area (Å²) in [4.78, 5) is 9.08. The summed E-state index contributed by atoms with van der Waals surface area (Å²) in [7, 11) is 2.03. The summed E-state index contributed by atoms with van der Waals surface area (Å²) < 4.78 is 0. The molecule has 4 heteroatoms. The SMILES string of the molecule is CNCc1sc(N2CCCC3CCCC32)nc1C(C)C. The van der Waals surface area contributed by atoms with E-state index >= 15 is 0 Å². The van der Waals surface area contributed by atoms with Gasteiger partial charge in [-0.15, -0.1) is 11.3 Å². The van der Waals surface area contributed by atoms with E-state index in [4.69, 9.17) is 4.98 Å². The van der Waals surface area contributed by atoms with E-state index in [1.165, 1.54) is 54.4 Å². The van der Waals surface area contributed by atoms with Crippen molar-refractivity contribution in [3.05, 3.63) is 10.6 Å². The number of nitrogens with zero attached hydrogens (tertiary/aromatic N) is 2. The fraction of sp³-hybridized carbons (Fsp3) is 0.812. The van der Waals surface area contributed by atoms with Crippen LogP contribution in [0.5, 0.6) is 0 Å². The van der Waals surface area contributed by atoms with Crippen LogP contribution in [0, 0.1) is 5.92 Å². The fourth-order valence-corrected chi connectivity index (χ4v) is 5.21. The van der Waals surface area contributed by atoms with Crippen molar-refractivity contribution in [2.45, 2.75) is 64.5 Å². The highest BCUT2D eigenvalue weighted by Gasteiger charge is 2.36. The van der Waals surface area contributed by atoms with Gasteiger partial charge in [-0.1, -0.05) is 20.3 Å². The fourth-order valence-electron chi connectivity index (χ4n) is 3.90. The van der Waals surface area contributed by atoms with Gasteiger partial charge in [0.2, 0.25) is 0 Å². The van der Waals surface area contributed by atoms with Crippen LogP contribution < -0.4 is 10.2 Å². The maximum Gasteiger partial charge on any atom is 0.186 e. The molecule has 1 aromatic heterocycles. The molecule has 0 radical (unpaired) electrons. The summed E-state index contributed by atoms with van der Waals surface area (Å²) in [6, 6.07) is 0.775. The number of thiazole rings is 1. The van der Waals surface area contributed by atoms with Gasteiger partial charge >= 0.3 is 0 Å². The predicted molar refractivity (Wildman–Crippen MR) is 86.7 cm³/mol. The molecule has 2 aliphatic rings. The zero-order valence-corrected chi connectivity index (χ0v) is 13.8. The zero-order valence-electron chi connectivity index (χ0n) is 13.0. The van der Waals surface area contributed by atoms with Gasteiger partial charge in [0.15, 0.2) is 5.13 Å². The maximum absolute atomic E-state index is 5.02. The number of aromatic nitrogens is 1. The van der Waals surface area contributed by atoms with Crippen LogP contribution in [0.25, 0.3) is 0 Å². The van der Waals surface area contributed by atoms with Crippen molar-refractivity contribution < 1.29 is 0 Å². The molecule has 2 atom stereocenters. The third kappa shape index (κ3) is 2.60. The van der Waals surface area contributed by atoms with Gasteiger partial charge in [-0.3, -0.25) is 0 Å². The first-order chi connectivity index (χ1) is 9.70. The first-order valence-electron chi connectivity index (χ1n) is 8.11. The molecule has 0 bridgehead atoms. The Morgan fingerprint density at radius 1 is 1.30 bits per heavy atom. The minimum Gasteiger partial charge on any atom is -0.345 e. The van der Waals surface area contributed by atoms with Gasteiger partial charge in [-0.05, 0) is 44.6 Å². The predicted octanol–water partition coefficient (Wildman–Crippen LogP) is 3.75. The highest BCUT2D eigenvalue weighted by Crippen LogP contribution is 2.41. The number of fused-ring (bicyclic) bond motifs is 1. The quantitative estimate of drug-likeness (QED) is 0.916. The molecule has 0 aromatic carbocycles. The van der Waals surface area contributed by atoms with Gasteiger partial charge in [-0.2, -0.15) is 0 Å². The summed E-state index contributed by atoms with van der Waals surface area (Å²) in [5.41, 5.74) is 1.31. The average Bonchev–Trinajstić information content (AvgIpc) is 3.04. The zero-order chi connectivity index (χ0) is 14.1. The standard InChI is InChI=1S/C16H27N3S/c1-11(2)15-14(10-17-3)20-16(18-15)19-9-5-7-12-6-4-8-13(12)19/h11-13,17H,4-10H2,1-3H3. The Morgan fingerprint density at radius 2 is 2.10 bits per heavy atom. The van der Waals surface area contributed by atoms with Gasteiger partial charge in [0.05, 0.1) is 5.69 Å². The molecule has 1 aromatic rings. The van der Waals surface area contributed by atoms with Gasteiger partial charge in [-0.25, -0.2) is 4.98 Å². The highest BCUT2D eigenvalue weighted by atomic mass is 32.1. The van der Waals surface area contributed by atoms with Crippen LogP contribution in [0.4, 0.5) is 5.13 Å². The molecule has 1 N–H and O–H groups in total. The number of rotatable bonds is 4. The molecule has 112 valence electrons. The molecule has 3 rings (SSSR count). The van der Waals surface area contributed by atoms with Gasteiger partial charge < -0.3 is 10.2 Å². The van der Waals surface area contributed by atoms with Crippen LogP contribution >= 0.6 is 11.3 Å². The highest BCUT2D eigenvalue weighted by molar-refractivity contribution is 7.15. The summed E-state index contributed by atoms with van der Waals surface area (Å²) in [5.74, 6) is 1.45. The van der Waals surface area contributed by atoms with Crippen molar-refractivity contribution in [2.75, 3.05) is 18.5 Å². The Morgan fingerprint density at radius 3 is 2.85 bits per heavy atom. The molecular formula is C16H27N3S. The molecule has 20 heavy (non-hydrogen) atoms. The van der Waals surface area contributed by atoms with Gasteiger partial charge in [0.25, 0.3) is 0 Å². The van der Waals surface area contributed by atoms with Crippen LogP contribution in [-0.4, -0.2) is 24.6 Å². The molecule has 2 heterocycles. The van der Waals surface area contributed by atoms with E-state index in [9.17, 15) is 0 Å². The molecule has 1 aliphatic carbocycles. The largest absolute Gasteiger partial charge is 0.345 e. The maximum atomic E-state index is 5.02. The first-order valence-corrected chi connectivity index (χ1v) is 8.93. The van der Waals surface area contributed by atoms with E-state index < -0.39 is 0 Å². The second-order valence-electron chi connectivity index (χ2n) is 6.58. The Labute approximate surface area is 126 Å². The van der Waals surface area contributed by atoms with Crippen LogP contribution in [0.15, 0.2) is 0 Å². The van der Waals surface area contributed by atoms with E-state index in [1.54, 1.807) is 0 Å². The molecule has 0 spiro atoms. The topological polar surface area (TPSA) is 28.2 Å². The molecule has 0 amide bonds. The first kappa shape index (κ1) is 14.3. The Bertz CT molecular complexity index is 455. The lowest BCUT2D eigenvalue weighted by Crippen LogP contribution is -2.42. The smallest absolute Gasteiger partial charge is 0.186 e. The second kappa shape index (κ2) is 6.02. The molecule has 1 aliphatic heterocycles. The van der Waals surface area contributed by atoms with Gasteiger partial charge in [0, 0.05) is 24.0 Å². The summed E-state index contributed by atoms with van der Waals surface area (Å²) in [5, 5.41) is 4.58. The second-order valence-corrected chi connectivity index (χ2v) is 7.65. The third-order valence-corrected chi connectivity index (χ3v) is 5.95. The lowest BCUT2D eigenvalue weighted by atomic mass is 9.92. The van der Waals surface area contributed by atoms with Crippen LogP contribution in [0.1, 0.15) is 62.4 Å². The molecular weight excluding hydrogens is 266 g/mol. The number of hydrogen-bond donors (Lipinski definition) is 1. The van der Waals surface area contributed by atoms with Crippen molar-refractivity contribution in [1.29, 1.82) is 0 Å². The number of piperidine rings is 1. The number of anilines is 1. The minimum atomic E-state index is 0.521. The summed E-state index contributed by atoms with van der Waals surface area (Å²) >= 11 is 1.92. The molecule has 1 saturated carbocycles. The number of hydrogen-bond acceptors (Lipinski definition) is 4. The van der Waals surface area contributed by atoms with E-state index in [-0.39, 0.29) is 0 Å². The van der Waals surface area contributed by atoms with E-state index in [1.807, 2.05) is 18.4 Å². The van der Waals surface area contributed by atoms with Crippen LogP contribution in [0.2, 0.25) is 0 Å². The summed E-state index contributed by atoms with van der Waals surface area (Å²) in [6.07, 6.45) is 7.01. The Balaban J connectivity index is 1.87. The lowest BCUT2D eigenvalue weighted by Gasteiger charge is -2.37.